The van der Waals surface area contributed by atoms with Crippen molar-refractivity contribution in [1.82, 2.24) is 14.5 Å². The number of rotatable bonds is 5. The normalized spacial score (nSPS) is 18.6. The summed E-state index contributed by atoms with van der Waals surface area (Å²) in [4.78, 5) is 26.4. The maximum atomic E-state index is 13.5. The predicted octanol–water partition coefficient (Wildman–Crippen LogP) is 2.18. The van der Waals surface area contributed by atoms with Crippen molar-refractivity contribution in [3.05, 3.63) is 59.2 Å². The first-order valence-electron chi connectivity index (χ1n) is 10.9. The van der Waals surface area contributed by atoms with E-state index in [-0.39, 0.29) is 37.0 Å². The van der Waals surface area contributed by atoms with Crippen molar-refractivity contribution in [2.24, 2.45) is 0 Å². The first kappa shape index (κ1) is 25.0. The van der Waals surface area contributed by atoms with Gasteiger partial charge in [0.25, 0.3) is 0 Å². The van der Waals surface area contributed by atoms with Gasteiger partial charge in [0.1, 0.15) is 11.8 Å². The highest BCUT2D eigenvalue weighted by Gasteiger charge is 2.41. The number of alkyl halides is 3. The minimum absolute atomic E-state index is 0.0264. The Morgan fingerprint density at radius 2 is 1.83 bits per heavy atom. The maximum Gasteiger partial charge on any atom is 0.416 e. The SMILES string of the molecule is CC(=O)N1CCN(S(=O)(=O)c2ccc3c(c2)CCO3)C(C(=O)NCc2ccc(C(F)(F)F)cc2)C1. The molecule has 4 rings (SSSR count). The van der Waals surface area contributed by atoms with Gasteiger partial charge in [-0.05, 0) is 41.5 Å². The zero-order valence-corrected chi connectivity index (χ0v) is 19.7. The summed E-state index contributed by atoms with van der Waals surface area (Å²) in [5, 5.41) is 2.60. The Morgan fingerprint density at radius 3 is 2.49 bits per heavy atom. The van der Waals surface area contributed by atoms with Crippen molar-refractivity contribution >= 4 is 21.8 Å². The van der Waals surface area contributed by atoms with Crippen LogP contribution in [-0.2, 0) is 38.8 Å². The second-order valence-electron chi connectivity index (χ2n) is 8.38. The van der Waals surface area contributed by atoms with E-state index in [1.54, 1.807) is 6.07 Å². The zero-order valence-electron chi connectivity index (χ0n) is 18.8. The van der Waals surface area contributed by atoms with Crippen LogP contribution < -0.4 is 10.1 Å². The maximum absolute atomic E-state index is 13.5. The lowest BCUT2D eigenvalue weighted by molar-refractivity contribution is -0.138. The van der Waals surface area contributed by atoms with E-state index < -0.39 is 33.7 Å². The van der Waals surface area contributed by atoms with Gasteiger partial charge in [-0.3, -0.25) is 9.59 Å². The third-order valence-electron chi connectivity index (χ3n) is 6.09. The van der Waals surface area contributed by atoms with Gasteiger partial charge in [0.15, 0.2) is 0 Å². The number of hydrogen-bond donors (Lipinski definition) is 1. The van der Waals surface area contributed by atoms with Crippen LogP contribution in [0.3, 0.4) is 0 Å². The molecule has 0 aromatic heterocycles. The molecule has 1 atom stereocenters. The van der Waals surface area contributed by atoms with Crippen molar-refractivity contribution < 1.29 is 35.9 Å². The highest BCUT2D eigenvalue weighted by Crippen LogP contribution is 2.31. The van der Waals surface area contributed by atoms with Gasteiger partial charge < -0.3 is 15.0 Å². The average Bonchev–Trinajstić information content (AvgIpc) is 3.30. The van der Waals surface area contributed by atoms with Gasteiger partial charge in [-0.25, -0.2) is 8.42 Å². The molecule has 2 aromatic rings. The molecule has 1 unspecified atom stereocenters. The Balaban J connectivity index is 1.54. The van der Waals surface area contributed by atoms with E-state index in [9.17, 15) is 31.2 Å². The summed E-state index contributed by atoms with van der Waals surface area (Å²) in [6.07, 6.45) is -3.90. The molecule has 2 heterocycles. The molecular weight excluding hydrogens is 487 g/mol. The molecule has 35 heavy (non-hydrogen) atoms. The van der Waals surface area contributed by atoms with Gasteiger partial charge in [-0.2, -0.15) is 17.5 Å². The number of nitrogens with one attached hydrogen (secondary N) is 1. The number of ether oxygens (including phenoxy) is 1. The summed E-state index contributed by atoms with van der Waals surface area (Å²) in [5.74, 6) is -0.322. The van der Waals surface area contributed by atoms with Crippen molar-refractivity contribution in [1.29, 1.82) is 0 Å². The number of carbonyl (C=O) groups is 2. The third kappa shape index (κ3) is 5.27. The first-order valence-corrected chi connectivity index (χ1v) is 12.4. The van der Waals surface area contributed by atoms with E-state index in [2.05, 4.69) is 5.32 Å². The van der Waals surface area contributed by atoms with Gasteiger partial charge in [0, 0.05) is 39.5 Å². The van der Waals surface area contributed by atoms with Crippen molar-refractivity contribution in [3.8, 4) is 5.75 Å². The molecule has 2 aliphatic rings. The van der Waals surface area contributed by atoms with Gasteiger partial charge in [-0.15, -0.1) is 0 Å². The predicted molar refractivity (Wildman–Crippen MR) is 119 cm³/mol. The Hall–Kier alpha value is -3.12. The zero-order chi connectivity index (χ0) is 25.4. The summed E-state index contributed by atoms with van der Waals surface area (Å²) in [7, 11) is -4.08. The number of carbonyl (C=O) groups excluding carboxylic acids is 2. The lowest BCUT2D eigenvalue weighted by Crippen LogP contribution is -2.61. The van der Waals surface area contributed by atoms with Crippen molar-refractivity contribution in [2.75, 3.05) is 26.2 Å². The number of fused-ring (bicyclic) bond motifs is 1. The Labute approximate surface area is 200 Å². The van der Waals surface area contributed by atoms with E-state index in [1.165, 1.54) is 36.1 Å². The molecule has 8 nitrogen and oxygen atoms in total. The van der Waals surface area contributed by atoms with Gasteiger partial charge in [-0.1, -0.05) is 12.1 Å². The Bertz CT molecular complexity index is 1230. The molecule has 188 valence electrons. The number of benzene rings is 2. The van der Waals surface area contributed by atoms with Gasteiger partial charge in [0.2, 0.25) is 21.8 Å². The molecule has 12 heteroatoms. The summed E-state index contributed by atoms with van der Waals surface area (Å²) in [5.41, 5.74) is 0.365. The molecule has 0 spiro atoms. The molecule has 0 saturated carbocycles. The monoisotopic (exact) mass is 511 g/mol. The van der Waals surface area contributed by atoms with Crippen LogP contribution >= 0.6 is 0 Å². The van der Waals surface area contributed by atoms with Crippen LogP contribution in [0.4, 0.5) is 13.2 Å². The Kier molecular flexibility index (Phi) is 6.78. The summed E-state index contributed by atoms with van der Waals surface area (Å²) in [6, 6.07) is 7.65. The number of hydrogen-bond acceptors (Lipinski definition) is 5. The molecule has 1 saturated heterocycles. The minimum atomic E-state index is -4.47. The lowest BCUT2D eigenvalue weighted by atomic mass is 10.1. The third-order valence-corrected chi connectivity index (χ3v) is 8.00. The molecule has 0 bridgehead atoms. The van der Waals surface area contributed by atoms with Gasteiger partial charge in [0.05, 0.1) is 17.1 Å². The van der Waals surface area contributed by atoms with Crippen LogP contribution in [0.15, 0.2) is 47.4 Å². The van der Waals surface area contributed by atoms with Crippen LogP contribution in [-0.4, -0.2) is 61.7 Å². The molecular formula is C23H24F3N3O5S. The summed E-state index contributed by atoms with van der Waals surface area (Å²) in [6.45, 7) is 1.62. The fraction of sp³-hybridized carbons (Fsp3) is 0.391. The van der Waals surface area contributed by atoms with E-state index in [0.717, 1.165) is 22.0 Å². The van der Waals surface area contributed by atoms with E-state index >= 15 is 0 Å². The number of piperazine rings is 1. The van der Waals surface area contributed by atoms with E-state index in [1.807, 2.05) is 0 Å². The number of amides is 2. The molecule has 2 aromatic carbocycles. The second kappa shape index (κ2) is 9.50. The highest BCUT2D eigenvalue weighted by molar-refractivity contribution is 7.89. The number of sulfonamides is 1. The summed E-state index contributed by atoms with van der Waals surface area (Å²) < 4.78 is 71.8. The Morgan fingerprint density at radius 1 is 1.11 bits per heavy atom. The van der Waals surface area contributed by atoms with Crippen LogP contribution in [0, 0.1) is 0 Å². The first-order chi connectivity index (χ1) is 16.5. The smallest absolute Gasteiger partial charge is 0.416 e. The molecule has 0 radical (unpaired) electrons. The quantitative estimate of drug-likeness (QED) is 0.664. The van der Waals surface area contributed by atoms with Crippen LogP contribution in [0.2, 0.25) is 0 Å². The van der Waals surface area contributed by atoms with Crippen LogP contribution in [0.25, 0.3) is 0 Å². The van der Waals surface area contributed by atoms with E-state index in [0.29, 0.717) is 24.3 Å². The number of nitrogens with zero attached hydrogens (tertiary/aromatic N) is 2. The van der Waals surface area contributed by atoms with Crippen molar-refractivity contribution in [3.63, 3.8) is 0 Å². The largest absolute Gasteiger partial charge is 0.493 e. The number of halogens is 3. The van der Waals surface area contributed by atoms with Crippen LogP contribution in [0.5, 0.6) is 5.75 Å². The second-order valence-corrected chi connectivity index (χ2v) is 10.3. The standard InChI is InChI=1S/C23H24F3N3O5S/c1-15(30)28-9-10-29(35(32,33)19-6-7-21-17(12-19)8-11-34-21)20(14-28)22(31)27-13-16-2-4-18(5-3-16)23(24,25)26/h2-7,12,20H,8-11,13-14H2,1H3,(H,27,31). The van der Waals surface area contributed by atoms with Crippen LogP contribution in [0.1, 0.15) is 23.6 Å². The minimum Gasteiger partial charge on any atom is -0.493 e. The molecule has 1 N–H and O–H groups in total. The van der Waals surface area contributed by atoms with E-state index in [4.69, 9.17) is 4.74 Å². The summed E-state index contributed by atoms with van der Waals surface area (Å²) >= 11 is 0. The average molecular weight is 512 g/mol. The molecule has 1 fully saturated rings. The molecule has 2 aliphatic heterocycles. The fourth-order valence-corrected chi connectivity index (χ4v) is 5.75. The lowest BCUT2D eigenvalue weighted by Gasteiger charge is -2.39. The fourth-order valence-electron chi connectivity index (χ4n) is 4.13. The molecule has 0 aliphatic carbocycles. The highest BCUT2D eigenvalue weighted by atomic mass is 32.2. The van der Waals surface area contributed by atoms with Crippen molar-refractivity contribution in [2.45, 2.75) is 37.0 Å². The van der Waals surface area contributed by atoms with Gasteiger partial charge >= 0.3 is 6.18 Å². The molecule has 2 amide bonds. The topological polar surface area (TPSA) is 96.0 Å².